The average molecular weight is 262 g/mol. The Hall–Kier alpha value is -2.63. The number of pyridine rings is 1. The molecule has 0 amide bonds. The number of rotatable bonds is 3. The van der Waals surface area contributed by atoms with Gasteiger partial charge >= 0.3 is 5.97 Å². The second-order valence-corrected chi connectivity index (χ2v) is 3.90. The van der Waals surface area contributed by atoms with Crippen LogP contribution in [0.2, 0.25) is 0 Å². The Labute approximate surface area is 108 Å². The zero-order chi connectivity index (χ0) is 14.0. The summed E-state index contributed by atoms with van der Waals surface area (Å²) in [5.41, 5.74) is 5.90. The number of ether oxygens (including phenoxy) is 1. The number of nitrogen functional groups attached to an aromatic ring is 1. The topological polar surface area (TPSA) is 85.4 Å². The van der Waals surface area contributed by atoms with Gasteiger partial charge in [0.25, 0.3) is 0 Å². The summed E-state index contributed by atoms with van der Waals surface area (Å²) in [6.07, 6.45) is 1.28. The Balaban J connectivity index is 2.35. The molecule has 1 aromatic carbocycles. The van der Waals surface area contributed by atoms with Gasteiger partial charge in [0.05, 0.1) is 5.56 Å². The average Bonchev–Trinajstić information content (AvgIpc) is 2.36. The predicted molar refractivity (Wildman–Crippen MR) is 66.8 cm³/mol. The fourth-order valence-corrected chi connectivity index (χ4v) is 1.51. The molecule has 0 atom stereocenters. The SMILES string of the molecule is Cc1cc(Oc2nccc(C(=O)O)c2N)ccc1F. The van der Waals surface area contributed by atoms with Gasteiger partial charge in [-0.15, -0.1) is 0 Å². The lowest BCUT2D eigenvalue weighted by atomic mass is 10.2. The molecule has 6 heteroatoms. The number of aromatic nitrogens is 1. The monoisotopic (exact) mass is 262 g/mol. The van der Waals surface area contributed by atoms with Crippen molar-refractivity contribution in [1.29, 1.82) is 0 Å². The molecule has 0 aliphatic rings. The number of benzene rings is 1. The Morgan fingerprint density at radius 3 is 2.79 bits per heavy atom. The maximum Gasteiger partial charge on any atom is 0.338 e. The third-order valence-corrected chi connectivity index (χ3v) is 2.53. The number of aromatic carboxylic acids is 1. The number of halogens is 1. The van der Waals surface area contributed by atoms with E-state index in [9.17, 15) is 9.18 Å². The first-order valence-corrected chi connectivity index (χ1v) is 5.41. The standard InChI is InChI=1S/C13H11FN2O3/c1-7-6-8(2-3-10(7)14)19-12-11(15)9(13(17)18)4-5-16-12/h2-6H,15H2,1H3,(H,17,18). The number of hydrogen-bond acceptors (Lipinski definition) is 4. The van der Waals surface area contributed by atoms with Crippen molar-refractivity contribution in [2.24, 2.45) is 0 Å². The first-order valence-electron chi connectivity index (χ1n) is 5.41. The van der Waals surface area contributed by atoms with Crippen molar-refractivity contribution in [3.63, 3.8) is 0 Å². The molecule has 0 saturated carbocycles. The van der Waals surface area contributed by atoms with Gasteiger partial charge in [-0.1, -0.05) is 0 Å². The Morgan fingerprint density at radius 2 is 2.16 bits per heavy atom. The van der Waals surface area contributed by atoms with E-state index in [4.69, 9.17) is 15.6 Å². The molecular formula is C13H11FN2O3. The molecule has 0 spiro atoms. The van der Waals surface area contributed by atoms with Crippen LogP contribution in [0, 0.1) is 12.7 Å². The number of aryl methyl sites for hydroxylation is 1. The van der Waals surface area contributed by atoms with Crippen LogP contribution >= 0.6 is 0 Å². The summed E-state index contributed by atoms with van der Waals surface area (Å²) >= 11 is 0. The number of nitrogens with two attached hydrogens (primary N) is 1. The lowest BCUT2D eigenvalue weighted by molar-refractivity contribution is 0.0697. The van der Waals surface area contributed by atoms with Gasteiger partial charge < -0.3 is 15.6 Å². The van der Waals surface area contributed by atoms with Gasteiger partial charge in [0.2, 0.25) is 5.88 Å². The third kappa shape index (κ3) is 2.62. The summed E-state index contributed by atoms with van der Waals surface area (Å²) in [4.78, 5) is 14.8. The Bertz CT molecular complexity index is 644. The first-order chi connectivity index (χ1) is 8.99. The van der Waals surface area contributed by atoms with Crippen LogP contribution in [0.3, 0.4) is 0 Å². The summed E-state index contributed by atoms with van der Waals surface area (Å²) in [7, 11) is 0. The van der Waals surface area contributed by atoms with E-state index in [1.54, 1.807) is 6.92 Å². The molecule has 3 N–H and O–H groups in total. The molecule has 1 heterocycles. The van der Waals surface area contributed by atoms with E-state index in [0.717, 1.165) is 0 Å². The van der Waals surface area contributed by atoms with Crippen LogP contribution in [-0.4, -0.2) is 16.1 Å². The fourth-order valence-electron chi connectivity index (χ4n) is 1.51. The summed E-state index contributed by atoms with van der Waals surface area (Å²) in [5.74, 6) is -1.21. The number of carboxylic acids is 1. The van der Waals surface area contributed by atoms with Crippen LogP contribution in [0.4, 0.5) is 10.1 Å². The molecule has 0 aliphatic carbocycles. The number of nitrogens with zero attached hydrogens (tertiary/aromatic N) is 1. The van der Waals surface area contributed by atoms with Crippen molar-refractivity contribution in [3.05, 3.63) is 47.4 Å². The highest BCUT2D eigenvalue weighted by Gasteiger charge is 2.14. The van der Waals surface area contributed by atoms with Gasteiger partial charge in [0.15, 0.2) is 0 Å². The zero-order valence-corrected chi connectivity index (χ0v) is 10.1. The zero-order valence-electron chi connectivity index (χ0n) is 10.1. The Morgan fingerprint density at radius 1 is 1.42 bits per heavy atom. The Kier molecular flexibility index (Phi) is 3.33. The number of carbonyl (C=O) groups is 1. The molecule has 2 rings (SSSR count). The van der Waals surface area contributed by atoms with Crippen molar-refractivity contribution < 1.29 is 19.0 Å². The van der Waals surface area contributed by atoms with Crippen LogP contribution < -0.4 is 10.5 Å². The lowest BCUT2D eigenvalue weighted by Gasteiger charge is -2.09. The molecule has 0 fully saturated rings. The summed E-state index contributed by atoms with van der Waals surface area (Å²) in [6.45, 7) is 1.59. The van der Waals surface area contributed by atoms with Crippen molar-refractivity contribution >= 4 is 11.7 Å². The molecule has 0 aliphatic heterocycles. The largest absolute Gasteiger partial charge is 0.478 e. The van der Waals surface area contributed by atoms with Crippen LogP contribution in [0.25, 0.3) is 0 Å². The van der Waals surface area contributed by atoms with Crippen LogP contribution in [0.15, 0.2) is 30.5 Å². The molecule has 0 unspecified atom stereocenters. The van der Waals surface area contributed by atoms with Gasteiger partial charge in [0, 0.05) is 6.20 Å². The van der Waals surface area contributed by atoms with E-state index >= 15 is 0 Å². The highest BCUT2D eigenvalue weighted by molar-refractivity contribution is 5.94. The van der Waals surface area contributed by atoms with E-state index < -0.39 is 5.97 Å². The highest BCUT2D eigenvalue weighted by atomic mass is 19.1. The molecule has 0 radical (unpaired) electrons. The van der Waals surface area contributed by atoms with Gasteiger partial charge in [0.1, 0.15) is 17.3 Å². The van der Waals surface area contributed by atoms with Crippen molar-refractivity contribution in [3.8, 4) is 11.6 Å². The first kappa shape index (κ1) is 12.8. The maximum atomic E-state index is 13.1. The summed E-state index contributed by atoms with van der Waals surface area (Å²) in [5, 5.41) is 8.92. The molecular weight excluding hydrogens is 251 g/mol. The minimum atomic E-state index is -1.17. The molecule has 98 valence electrons. The van der Waals surface area contributed by atoms with Crippen molar-refractivity contribution in [1.82, 2.24) is 4.98 Å². The summed E-state index contributed by atoms with van der Waals surface area (Å²) in [6, 6.07) is 5.42. The van der Waals surface area contributed by atoms with Gasteiger partial charge in [-0.3, -0.25) is 0 Å². The van der Waals surface area contributed by atoms with Crippen LogP contribution in [0.1, 0.15) is 15.9 Å². The normalized spacial score (nSPS) is 10.2. The molecule has 2 aromatic rings. The molecule has 0 saturated heterocycles. The second kappa shape index (κ2) is 4.93. The van der Waals surface area contributed by atoms with Crippen molar-refractivity contribution in [2.75, 3.05) is 5.73 Å². The quantitative estimate of drug-likeness (QED) is 0.888. The van der Waals surface area contributed by atoms with E-state index in [-0.39, 0.29) is 22.9 Å². The molecule has 19 heavy (non-hydrogen) atoms. The van der Waals surface area contributed by atoms with Crippen molar-refractivity contribution in [2.45, 2.75) is 6.92 Å². The van der Waals surface area contributed by atoms with E-state index in [1.807, 2.05) is 0 Å². The predicted octanol–water partition coefficient (Wildman–Crippen LogP) is 2.60. The summed E-state index contributed by atoms with van der Waals surface area (Å²) < 4.78 is 18.5. The fraction of sp³-hybridized carbons (Fsp3) is 0.0769. The minimum Gasteiger partial charge on any atom is -0.478 e. The second-order valence-electron chi connectivity index (χ2n) is 3.90. The van der Waals surface area contributed by atoms with Gasteiger partial charge in [-0.25, -0.2) is 14.2 Å². The van der Waals surface area contributed by atoms with Gasteiger partial charge in [-0.2, -0.15) is 0 Å². The van der Waals surface area contributed by atoms with E-state index in [0.29, 0.717) is 11.3 Å². The van der Waals surface area contributed by atoms with Gasteiger partial charge in [-0.05, 0) is 36.8 Å². The molecule has 0 bridgehead atoms. The van der Waals surface area contributed by atoms with Crippen LogP contribution in [-0.2, 0) is 0 Å². The van der Waals surface area contributed by atoms with E-state index in [1.165, 1.54) is 30.5 Å². The minimum absolute atomic E-state index is 0.0223. The third-order valence-electron chi connectivity index (χ3n) is 2.53. The lowest BCUT2D eigenvalue weighted by Crippen LogP contribution is -2.05. The van der Waals surface area contributed by atoms with Crippen LogP contribution in [0.5, 0.6) is 11.6 Å². The maximum absolute atomic E-state index is 13.1. The number of hydrogen-bond donors (Lipinski definition) is 2. The number of carboxylic acid groups (broad SMARTS) is 1. The highest BCUT2D eigenvalue weighted by Crippen LogP contribution is 2.28. The number of anilines is 1. The van der Waals surface area contributed by atoms with E-state index in [2.05, 4.69) is 4.98 Å². The smallest absolute Gasteiger partial charge is 0.338 e. The molecule has 5 nitrogen and oxygen atoms in total. The molecule has 1 aromatic heterocycles.